The maximum absolute atomic E-state index is 13.0. The van der Waals surface area contributed by atoms with E-state index in [1.807, 2.05) is 32.9 Å². The van der Waals surface area contributed by atoms with Crippen molar-refractivity contribution >= 4 is 11.9 Å². The molecule has 0 aliphatic carbocycles. The molecule has 0 bridgehead atoms. The molecule has 2 N–H and O–H groups in total. The summed E-state index contributed by atoms with van der Waals surface area (Å²) < 4.78 is 16.2. The van der Waals surface area contributed by atoms with Crippen LogP contribution in [-0.4, -0.2) is 35.8 Å². The van der Waals surface area contributed by atoms with Gasteiger partial charge in [0.05, 0.1) is 18.8 Å². The van der Waals surface area contributed by atoms with E-state index in [-0.39, 0.29) is 29.1 Å². The van der Waals surface area contributed by atoms with E-state index in [4.69, 9.17) is 9.15 Å². The number of nitrogens with one attached hydrogen (secondary N) is 1. The number of ether oxygens (including phenoxy) is 2. The highest BCUT2D eigenvalue weighted by Crippen LogP contribution is 2.35. The number of allylic oxidation sites excluding steroid dienone is 5. The van der Waals surface area contributed by atoms with Crippen LogP contribution in [0.5, 0.6) is 5.75 Å². The van der Waals surface area contributed by atoms with Gasteiger partial charge in [-0.3, -0.25) is 10.1 Å². The van der Waals surface area contributed by atoms with Crippen molar-refractivity contribution in [2.24, 2.45) is 5.92 Å². The second-order valence-electron chi connectivity index (χ2n) is 9.94. The van der Waals surface area contributed by atoms with Crippen molar-refractivity contribution in [2.75, 3.05) is 7.11 Å². The van der Waals surface area contributed by atoms with E-state index in [0.29, 0.717) is 12.8 Å². The molecule has 0 spiro atoms. The molecule has 0 radical (unpaired) electrons. The van der Waals surface area contributed by atoms with Crippen molar-refractivity contribution in [3.8, 4) is 5.75 Å². The summed E-state index contributed by atoms with van der Waals surface area (Å²) in [5.74, 6) is -1.45. The molecule has 1 fully saturated rings. The molecule has 4 atom stereocenters. The summed E-state index contributed by atoms with van der Waals surface area (Å²) in [5.41, 5.74) is -0.527. The fourth-order valence-corrected chi connectivity index (χ4v) is 4.21. The number of ketones is 1. The van der Waals surface area contributed by atoms with Gasteiger partial charge in [0.1, 0.15) is 17.1 Å². The molecule has 0 saturated carbocycles. The molecule has 1 aromatic heterocycles. The number of hydrogen-bond donors (Lipinski definition) is 2. The van der Waals surface area contributed by atoms with Crippen LogP contribution in [0.25, 0.3) is 0 Å². The van der Waals surface area contributed by atoms with Gasteiger partial charge in [0, 0.05) is 24.1 Å². The van der Waals surface area contributed by atoms with Gasteiger partial charge >= 0.3 is 11.7 Å². The molecular weight excluding hydrogens is 486 g/mol. The van der Waals surface area contributed by atoms with Gasteiger partial charge in [-0.2, -0.15) is 0 Å². The van der Waals surface area contributed by atoms with E-state index in [1.165, 1.54) is 24.9 Å². The maximum Gasteiger partial charge on any atom is 0.410 e. The average molecular weight is 528 g/mol. The fraction of sp³-hybridized carbons (Fsp3) is 0.500. The number of alkyl carbamates (subject to hydrolysis) is 1. The quantitative estimate of drug-likeness (QED) is 0.241. The summed E-state index contributed by atoms with van der Waals surface area (Å²) in [5, 5.41) is 13.0. The Hall–Kier alpha value is -3.39. The molecule has 1 amide bonds. The van der Waals surface area contributed by atoms with Crippen molar-refractivity contribution in [3.05, 3.63) is 76.0 Å². The lowest BCUT2D eigenvalue weighted by atomic mass is 9.94. The van der Waals surface area contributed by atoms with E-state index in [9.17, 15) is 19.5 Å². The lowest BCUT2D eigenvalue weighted by molar-refractivity contribution is 0.0215. The standard InChI is InChI=1S/C30H41NO7/c1-7-8-9-12-20(2)24-15-17-30(5,38-24)16-14-22(4)27(33)26-23(32)19-25(37-28(26)34)21(3)13-10-11-18-31-29(35)36-6/h7-8,11-12,14,16,18-19,21-22,24,32H,9-10,13,15,17H2,1-6H3,(H,31,35)/b8-7+,16-14+,18-11+,20-12+. The maximum atomic E-state index is 13.0. The van der Waals surface area contributed by atoms with Crippen LogP contribution >= 0.6 is 0 Å². The predicted octanol–water partition coefficient (Wildman–Crippen LogP) is 6.32. The minimum Gasteiger partial charge on any atom is -0.507 e. The van der Waals surface area contributed by atoms with Crippen LogP contribution in [0, 0.1) is 5.92 Å². The van der Waals surface area contributed by atoms with Crippen LogP contribution in [0.3, 0.4) is 0 Å². The third-order valence-corrected chi connectivity index (χ3v) is 6.74. The van der Waals surface area contributed by atoms with E-state index in [1.54, 1.807) is 19.1 Å². The van der Waals surface area contributed by atoms with Crippen molar-refractivity contribution in [1.29, 1.82) is 0 Å². The van der Waals surface area contributed by atoms with Crippen molar-refractivity contribution in [2.45, 2.75) is 84.3 Å². The van der Waals surface area contributed by atoms with Crippen LogP contribution < -0.4 is 10.9 Å². The Bertz CT molecular complexity index is 1140. The summed E-state index contributed by atoms with van der Waals surface area (Å²) in [6, 6.07) is 1.33. The van der Waals surface area contributed by atoms with Gasteiger partial charge < -0.3 is 19.0 Å². The van der Waals surface area contributed by atoms with Crippen LogP contribution in [0.1, 0.15) is 88.8 Å². The molecule has 2 rings (SSSR count). The summed E-state index contributed by atoms with van der Waals surface area (Å²) in [7, 11) is 1.28. The number of methoxy groups -OCH3 is 1. The summed E-state index contributed by atoms with van der Waals surface area (Å²) in [4.78, 5) is 36.7. The largest absolute Gasteiger partial charge is 0.507 e. The van der Waals surface area contributed by atoms with Crippen LogP contribution in [0.2, 0.25) is 0 Å². The van der Waals surface area contributed by atoms with E-state index in [0.717, 1.165) is 19.3 Å². The number of amides is 1. The molecule has 1 saturated heterocycles. The zero-order valence-electron chi connectivity index (χ0n) is 23.3. The molecule has 8 heteroatoms. The SMILES string of the molecule is C/C=C/C/C=C(\C)C1CCC(C)(/C=C/C(C)C(=O)c2c(O)cc(C(C)CC/C=C/NC(=O)OC)oc2=O)O1. The number of rotatable bonds is 12. The lowest BCUT2D eigenvalue weighted by Gasteiger charge is -2.22. The van der Waals surface area contributed by atoms with Crippen LogP contribution in [-0.2, 0) is 9.47 Å². The molecule has 8 nitrogen and oxygen atoms in total. The van der Waals surface area contributed by atoms with Crippen molar-refractivity contribution in [1.82, 2.24) is 5.32 Å². The third kappa shape index (κ3) is 8.87. The zero-order chi connectivity index (χ0) is 28.3. The highest BCUT2D eigenvalue weighted by atomic mass is 16.5. The summed E-state index contributed by atoms with van der Waals surface area (Å²) in [6.45, 7) is 9.58. The van der Waals surface area contributed by atoms with Gasteiger partial charge in [0.25, 0.3) is 0 Å². The third-order valence-electron chi connectivity index (χ3n) is 6.74. The molecule has 2 heterocycles. The second kappa shape index (κ2) is 14.5. The highest BCUT2D eigenvalue weighted by Gasteiger charge is 2.35. The minimum atomic E-state index is -0.856. The molecule has 38 heavy (non-hydrogen) atoms. The van der Waals surface area contributed by atoms with Gasteiger partial charge in [0.2, 0.25) is 0 Å². The van der Waals surface area contributed by atoms with Crippen LogP contribution in [0.4, 0.5) is 4.79 Å². The predicted molar refractivity (Wildman–Crippen MR) is 147 cm³/mol. The van der Waals surface area contributed by atoms with Gasteiger partial charge in [-0.1, -0.05) is 50.3 Å². The Morgan fingerprint density at radius 2 is 2.05 bits per heavy atom. The van der Waals surface area contributed by atoms with Gasteiger partial charge in [-0.25, -0.2) is 9.59 Å². The average Bonchev–Trinajstić information content (AvgIpc) is 3.28. The van der Waals surface area contributed by atoms with Crippen molar-refractivity contribution < 1.29 is 28.6 Å². The number of carbonyl (C=O) groups excluding carboxylic acids is 2. The Morgan fingerprint density at radius 3 is 2.71 bits per heavy atom. The number of Topliss-reactive ketones (excluding diaryl/α,β-unsaturated/α-hetero) is 1. The van der Waals surface area contributed by atoms with E-state index >= 15 is 0 Å². The Balaban J connectivity index is 2.02. The number of aromatic hydroxyl groups is 1. The first-order chi connectivity index (χ1) is 18.0. The van der Waals surface area contributed by atoms with E-state index in [2.05, 4.69) is 29.1 Å². The first-order valence-electron chi connectivity index (χ1n) is 13.1. The molecule has 1 aliphatic heterocycles. The van der Waals surface area contributed by atoms with E-state index < -0.39 is 29.0 Å². The Kier molecular flexibility index (Phi) is 11.8. The number of carbonyl (C=O) groups is 2. The molecule has 1 aliphatic rings. The summed E-state index contributed by atoms with van der Waals surface area (Å²) >= 11 is 0. The normalized spacial score (nSPS) is 21.8. The van der Waals surface area contributed by atoms with Gasteiger partial charge in [0.15, 0.2) is 5.78 Å². The Labute approximate surface area is 225 Å². The molecular formula is C30H41NO7. The Morgan fingerprint density at radius 1 is 1.32 bits per heavy atom. The minimum absolute atomic E-state index is 0.0335. The van der Waals surface area contributed by atoms with Crippen LogP contribution in [0.15, 0.2) is 63.5 Å². The molecule has 208 valence electrons. The smallest absolute Gasteiger partial charge is 0.410 e. The fourth-order valence-electron chi connectivity index (χ4n) is 4.21. The first kappa shape index (κ1) is 30.8. The summed E-state index contributed by atoms with van der Waals surface area (Å²) in [6.07, 6.45) is 16.3. The monoisotopic (exact) mass is 527 g/mol. The molecule has 0 aromatic carbocycles. The lowest BCUT2D eigenvalue weighted by Crippen LogP contribution is -2.24. The number of hydrogen-bond acceptors (Lipinski definition) is 7. The topological polar surface area (TPSA) is 115 Å². The molecule has 4 unspecified atom stereocenters. The van der Waals surface area contributed by atoms with Crippen molar-refractivity contribution in [3.63, 3.8) is 0 Å². The van der Waals surface area contributed by atoms with Gasteiger partial charge in [-0.05, 0) is 58.4 Å². The first-order valence-corrected chi connectivity index (χ1v) is 13.1. The zero-order valence-corrected chi connectivity index (χ0v) is 23.3. The second-order valence-corrected chi connectivity index (χ2v) is 9.94. The van der Waals surface area contributed by atoms with Gasteiger partial charge in [-0.15, -0.1) is 0 Å². The molecule has 1 aromatic rings. The highest BCUT2D eigenvalue weighted by molar-refractivity contribution is 6.00.